The van der Waals surface area contributed by atoms with Gasteiger partial charge < -0.3 is 4.90 Å². The summed E-state index contributed by atoms with van der Waals surface area (Å²) in [6, 6.07) is 6.09. The summed E-state index contributed by atoms with van der Waals surface area (Å²) in [5, 5.41) is 0.677. The van der Waals surface area contributed by atoms with Crippen molar-refractivity contribution in [1.29, 1.82) is 0 Å². The molecular formula is C21H26N6O. The number of nitrogens with zero attached hydrogens (tertiary/aromatic N) is 6. The van der Waals surface area contributed by atoms with E-state index >= 15 is 0 Å². The Hall–Kier alpha value is -2.80. The molecule has 1 saturated heterocycles. The van der Waals surface area contributed by atoms with E-state index in [0.717, 1.165) is 55.3 Å². The van der Waals surface area contributed by atoms with Gasteiger partial charge in [0.2, 0.25) is 0 Å². The number of hydrogen-bond acceptors (Lipinski definition) is 6. The fourth-order valence-electron chi connectivity index (χ4n) is 3.58. The third kappa shape index (κ3) is 3.75. The van der Waals surface area contributed by atoms with Crippen molar-refractivity contribution in [2.75, 3.05) is 31.1 Å². The van der Waals surface area contributed by atoms with E-state index in [4.69, 9.17) is 0 Å². The molecule has 3 heterocycles. The van der Waals surface area contributed by atoms with Crippen LogP contribution < -0.4 is 10.5 Å². The number of aryl methyl sites for hydroxylation is 1. The molecule has 1 aliphatic rings. The maximum atomic E-state index is 12.6. The van der Waals surface area contributed by atoms with E-state index in [0.29, 0.717) is 5.39 Å². The van der Waals surface area contributed by atoms with Crippen LogP contribution in [0.5, 0.6) is 0 Å². The number of anilines is 1. The first kappa shape index (κ1) is 18.6. The van der Waals surface area contributed by atoms with E-state index in [1.54, 1.807) is 10.9 Å². The average molecular weight is 378 g/mol. The van der Waals surface area contributed by atoms with Gasteiger partial charge in [0.05, 0.1) is 28.6 Å². The number of fused-ring (bicyclic) bond motifs is 1. The maximum Gasteiger partial charge on any atom is 0.261 e. The summed E-state index contributed by atoms with van der Waals surface area (Å²) in [5.41, 5.74) is 3.86. The molecule has 146 valence electrons. The van der Waals surface area contributed by atoms with Gasteiger partial charge in [-0.3, -0.25) is 24.2 Å². The predicted molar refractivity (Wildman–Crippen MR) is 111 cm³/mol. The molecule has 0 aliphatic carbocycles. The Morgan fingerprint density at radius 2 is 1.82 bits per heavy atom. The van der Waals surface area contributed by atoms with Gasteiger partial charge in [-0.25, -0.2) is 4.98 Å². The van der Waals surface area contributed by atoms with Crippen molar-refractivity contribution in [3.8, 4) is 0 Å². The molecule has 7 nitrogen and oxygen atoms in total. The monoisotopic (exact) mass is 378 g/mol. The summed E-state index contributed by atoms with van der Waals surface area (Å²) in [6.07, 6.45) is 5.33. The van der Waals surface area contributed by atoms with Crippen molar-refractivity contribution >= 4 is 16.6 Å². The van der Waals surface area contributed by atoms with Gasteiger partial charge in [-0.15, -0.1) is 0 Å². The Labute approximate surface area is 164 Å². The van der Waals surface area contributed by atoms with Crippen LogP contribution in [0, 0.1) is 6.92 Å². The largest absolute Gasteiger partial charge is 0.369 e. The average Bonchev–Trinajstić information content (AvgIpc) is 2.70. The lowest BCUT2D eigenvalue weighted by molar-refractivity contribution is 0.247. The van der Waals surface area contributed by atoms with Crippen LogP contribution in [-0.4, -0.2) is 50.6 Å². The zero-order valence-electron chi connectivity index (χ0n) is 16.7. The van der Waals surface area contributed by atoms with Crippen molar-refractivity contribution in [3.63, 3.8) is 0 Å². The van der Waals surface area contributed by atoms with Crippen molar-refractivity contribution in [3.05, 3.63) is 58.7 Å². The van der Waals surface area contributed by atoms with Crippen LogP contribution in [0.2, 0.25) is 0 Å². The van der Waals surface area contributed by atoms with E-state index < -0.39 is 0 Å². The molecule has 28 heavy (non-hydrogen) atoms. The molecule has 0 atom stereocenters. The van der Waals surface area contributed by atoms with Crippen LogP contribution in [-0.2, 0) is 6.54 Å². The lowest BCUT2D eigenvalue weighted by Crippen LogP contribution is -2.46. The normalized spacial score (nSPS) is 15.5. The van der Waals surface area contributed by atoms with E-state index in [1.165, 1.54) is 0 Å². The Balaban J connectivity index is 1.45. The van der Waals surface area contributed by atoms with E-state index in [9.17, 15) is 4.79 Å². The van der Waals surface area contributed by atoms with Gasteiger partial charge in [0.25, 0.3) is 5.56 Å². The lowest BCUT2D eigenvalue weighted by Gasteiger charge is -2.36. The van der Waals surface area contributed by atoms with Gasteiger partial charge in [0.15, 0.2) is 0 Å². The molecular weight excluding hydrogens is 352 g/mol. The summed E-state index contributed by atoms with van der Waals surface area (Å²) in [4.78, 5) is 30.6. The summed E-state index contributed by atoms with van der Waals surface area (Å²) in [5.74, 6) is 0. The molecule has 0 amide bonds. The van der Waals surface area contributed by atoms with Crippen molar-refractivity contribution in [2.45, 2.75) is 33.4 Å². The zero-order chi connectivity index (χ0) is 19.7. The van der Waals surface area contributed by atoms with Gasteiger partial charge in [0.1, 0.15) is 0 Å². The first-order valence-corrected chi connectivity index (χ1v) is 9.77. The van der Waals surface area contributed by atoms with E-state index in [-0.39, 0.29) is 11.6 Å². The molecule has 1 fully saturated rings. The van der Waals surface area contributed by atoms with Gasteiger partial charge in [-0.05, 0) is 39.0 Å². The van der Waals surface area contributed by atoms with E-state index in [2.05, 4.69) is 24.8 Å². The summed E-state index contributed by atoms with van der Waals surface area (Å²) >= 11 is 0. The minimum absolute atomic E-state index is 0.0237. The predicted octanol–water partition coefficient (Wildman–Crippen LogP) is 2.40. The third-order valence-corrected chi connectivity index (χ3v) is 5.28. The van der Waals surface area contributed by atoms with Crippen molar-refractivity contribution in [1.82, 2.24) is 24.4 Å². The molecule has 0 saturated carbocycles. The van der Waals surface area contributed by atoms with Crippen LogP contribution in [0.3, 0.4) is 0 Å². The highest BCUT2D eigenvalue weighted by Gasteiger charge is 2.18. The lowest BCUT2D eigenvalue weighted by atomic mass is 10.2. The topological polar surface area (TPSA) is 67.2 Å². The number of hydrogen-bond donors (Lipinski definition) is 0. The van der Waals surface area contributed by atoms with Crippen molar-refractivity contribution < 1.29 is 0 Å². The quantitative estimate of drug-likeness (QED) is 0.695. The molecule has 4 rings (SSSR count). The van der Waals surface area contributed by atoms with Gasteiger partial charge in [0, 0.05) is 56.8 Å². The minimum atomic E-state index is 0.0237. The molecule has 1 aliphatic heterocycles. The molecule has 0 bridgehead atoms. The molecule has 0 N–H and O–H groups in total. The number of rotatable bonds is 4. The van der Waals surface area contributed by atoms with Gasteiger partial charge >= 0.3 is 0 Å². The van der Waals surface area contributed by atoms with Crippen LogP contribution in [0.4, 0.5) is 5.69 Å². The molecule has 0 spiro atoms. The van der Waals surface area contributed by atoms with Gasteiger partial charge in [-0.2, -0.15) is 0 Å². The Bertz CT molecular complexity index is 1020. The third-order valence-electron chi connectivity index (χ3n) is 5.28. The van der Waals surface area contributed by atoms with Crippen LogP contribution >= 0.6 is 0 Å². The Kier molecular flexibility index (Phi) is 5.09. The highest BCUT2D eigenvalue weighted by molar-refractivity contribution is 5.81. The molecule has 0 unspecified atom stereocenters. The first-order chi connectivity index (χ1) is 13.5. The zero-order valence-corrected chi connectivity index (χ0v) is 16.7. The minimum Gasteiger partial charge on any atom is -0.369 e. The maximum absolute atomic E-state index is 12.6. The second-order valence-electron chi connectivity index (χ2n) is 7.66. The summed E-state index contributed by atoms with van der Waals surface area (Å²) in [6.45, 7) is 10.6. The molecule has 0 radical (unpaired) electrons. The van der Waals surface area contributed by atoms with Crippen LogP contribution in [0.1, 0.15) is 31.3 Å². The number of aromatic nitrogens is 4. The first-order valence-electron chi connectivity index (χ1n) is 9.77. The fraction of sp³-hybridized carbons (Fsp3) is 0.429. The Morgan fingerprint density at radius 1 is 1.04 bits per heavy atom. The van der Waals surface area contributed by atoms with Crippen LogP contribution in [0.15, 0.2) is 41.7 Å². The molecule has 3 aromatic rings. The molecule has 2 aromatic heterocycles. The molecule has 1 aromatic carbocycles. The SMILES string of the molecule is Cc1cnc(CN2CCN(c3ccc4c(=O)n(C(C)C)cnc4c3)CC2)cn1. The standard InChI is InChI=1S/C21H26N6O/c1-15(2)27-14-24-20-10-18(4-5-19(20)21(27)28)26-8-6-25(7-9-26)13-17-12-22-16(3)11-23-17/h4-5,10-12,14-15H,6-9,13H2,1-3H3. The summed E-state index contributed by atoms with van der Waals surface area (Å²) < 4.78 is 1.68. The van der Waals surface area contributed by atoms with E-state index in [1.807, 2.05) is 51.4 Å². The number of benzene rings is 1. The summed E-state index contributed by atoms with van der Waals surface area (Å²) in [7, 11) is 0. The van der Waals surface area contributed by atoms with Crippen LogP contribution in [0.25, 0.3) is 10.9 Å². The smallest absolute Gasteiger partial charge is 0.261 e. The second-order valence-corrected chi connectivity index (χ2v) is 7.66. The Morgan fingerprint density at radius 3 is 2.50 bits per heavy atom. The van der Waals surface area contributed by atoms with Gasteiger partial charge in [-0.1, -0.05) is 0 Å². The molecule has 7 heteroatoms. The highest BCUT2D eigenvalue weighted by Crippen LogP contribution is 2.21. The number of piperazine rings is 1. The van der Waals surface area contributed by atoms with Crippen molar-refractivity contribution in [2.24, 2.45) is 0 Å². The highest BCUT2D eigenvalue weighted by atomic mass is 16.1. The fourth-order valence-corrected chi connectivity index (χ4v) is 3.58. The second kappa shape index (κ2) is 7.67.